The predicted octanol–water partition coefficient (Wildman–Crippen LogP) is 2.91. The fourth-order valence-corrected chi connectivity index (χ4v) is 3.83. The molecule has 1 atom stereocenters. The number of rotatable bonds is 3. The van der Waals surface area contributed by atoms with Crippen LogP contribution in [0.2, 0.25) is 0 Å². The van der Waals surface area contributed by atoms with Gasteiger partial charge in [0.05, 0.1) is 11.9 Å². The van der Waals surface area contributed by atoms with Crippen LogP contribution in [0.1, 0.15) is 40.8 Å². The van der Waals surface area contributed by atoms with Gasteiger partial charge in [0.2, 0.25) is 0 Å². The minimum absolute atomic E-state index is 0.0871. The summed E-state index contributed by atoms with van der Waals surface area (Å²) in [4.78, 5) is 31.9. The van der Waals surface area contributed by atoms with Gasteiger partial charge in [-0.2, -0.15) is 5.10 Å². The number of amides is 1. The number of carbonyl (C=O) groups excluding carboxylic acids is 1. The van der Waals surface area contributed by atoms with E-state index < -0.39 is 0 Å². The lowest BCUT2D eigenvalue weighted by Gasteiger charge is -2.31. The Morgan fingerprint density at radius 1 is 1.07 bits per heavy atom. The maximum absolute atomic E-state index is 12.8. The van der Waals surface area contributed by atoms with Crippen LogP contribution in [-0.2, 0) is 0 Å². The number of aromatic nitrogens is 6. The largest absolute Gasteiger partial charge is 0.337 e. The van der Waals surface area contributed by atoms with E-state index in [2.05, 4.69) is 15.0 Å². The quantitative estimate of drug-likeness (QED) is 0.526. The second-order valence-electron chi connectivity index (χ2n) is 7.56. The summed E-state index contributed by atoms with van der Waals surface area (Å²) in [5, 5.41) is 4.72. The average Bonchev–Trinajstić information content (AvgIpc) is 3.23. The van der Waals surface area contributed by atoms with E-state index in [1.54, 1.807) is 24.8 Å². The van der Waals surface area contributed by atoms with Gasteiger partial charge >= 0.3 is 0 Å². The molecule has 150 valence electrons. The summed E-state index contributed by atoms with van der Waals surface area (Å²) < 4.78 is 1.82. The molecule has 0 spiro atoms. The fraction of sp³-hybridized carbons (Fsp3) is 0.273. The van der Waals surface area contributed by atoms with Gasteiger partial charge in [-0.25, -0.2) is 14.5 Å². The van der Waals surface area contributed by atoms with Crippen LogP contribution in [0.15, 0.2) is 55.2 Å². The molecule has 4 aromatic heterocycles. The summed E-state index contributed by atoms with van der Waals surface area (Å²) in [7, 11) is 0. The highest BCUT2D eigenvalue weighted by Gasteiger charge is 2.28. The van der Waals surface area contributed by atoms with Crippen LogP contribution in [0.3, 0.4) is 0 Å². The standard InChI is InChI=1S/C22H21N7O/c1-15-11-25-19(12-24-15)22(30)28-10-2-3-18(13-28)21-26-20-5-4-17(14-29(20)27-21)16-6-8-23-9-7-16/h4-9,11-12,14,18H,2-3,10,13H2,1H3. The number of piperidine rings is 1. The van der Waals surface area contributed by atoms with E-state index >= 15 is 0 Å². The first kappa shape index (κ1) is 18.4. The highest BCUT2D eigenvalue weighted by atomic mass is 16.2. The maximum Gasteiger partial charge on any atom is 0.274 e. The van der Waals surface area contributed by atoms with Gasteiger partial charge in [0.15, 0.2) is 11.5 Å². The minimum atomic E-state index is -0.0871. The van der Waals surface area contributed by atoms with Crippen LogP contribution < -0.4 is 0 Å². The Labute approximate surface area is 173 Å². The lowest BCUT2D eigenvalue weighted by molar-refractivity contribution is 0.0698. The average molecular weight is 399 g/mol. The number of pyridine rings is 2. The second-order valence-corrected chi connectivity index (χ2v) is 7.56. The highest BCUT2D eigenvalue weighted by molar-refractivity contribution is 5.92. The van der Waals surface area contributed by atoms with Gasteiger partial charge in [0, 0.05) is 49.4 Å². The molecular weight excluding hydrogens is 378 g/mol. The van der Waals surface area contributed by atoms with Gasteiger partial charge < -0.3 is 4.90 Å². The van der Waals surface area contributed by atoms with Gasteiger partial charge in [-0.05, 0) is 49.6 Å². The Hall–Kier alpha value is -3.68. The number of hydrogen-bond donors (Lipinski definition) is 0. The molecule has 0 N–H and O–H groups in total. The van der Waals surface area contributed by atoms with Crippen molar-refractivity contribution in [3.63, 3.8) is 0 Å². The normalized spacial score (nSPS) is 16.7. The first-order valence-corrected chi connectivity index (χ1v) is 10.0. The number of aryl methyl sites for hydroxylation is 1. The molecule has 1 amide bonds. The first-order chi connectivity index (χ1) is 14.7. The smallest absolute Gasteiger partial charge is 0.274 e. The molecule has 0 aliphatic carbocycles. The number of fused-ring (bicyclic) bond motifs is 1. The third kappa shape index (κ3) is 3.52. The molecule has 1 saturated heterocycles. The van der Waals surface area contributed by atoms with Gasteiger partial charge in [0.25, 0.3) is 5.91 Å². The zero-order valence-electron chi connectivity index (χ0n) is 16.6. The summed E-state index contributed by atoms with van der Waals surface area (Å²) >= 11 is 0. The van der Waals surface area contributed by atoms with Crippen LogP contribution >= 0.6 is 0 Å². The SMILES string of the molecule is Cc1cnc(C(=O)N2CCCC(c3nc4ccc(-c5ccncc5)cn4n3)C2)cn1. The summed E-state index contributed by atoms with van der Waals surface area (Å²) in [6.45, 7) is 3.15. The van der Waals surface area contributed by atoms with Crippen molar-refractivity contribution in [2.45, 2.75) is 25.7 Å². The van der Waals surface area contributed by atoms with Crippen molar-refractivity contribution in [2.75, 3.05) is 13.1 Å². The van der Waals surface area contributed by atoms with Crippen LogP contribution in [0.4, 0.5) is 0 Å². The zero-order chi connectivity index (χ0) is 20.5. The Morgan fingerprint density at radius 2 is 1.93 bits per heavy atom. The van der Waals surface area contributed by atoms with E-state index in [9.17, 15) is 4.79 Å². The van der Waals surface area contributed by atoms with Crippen molar-refractivity contribution in [2.24, 2.45) is 0 Å². The summed E-state index contributed by atoms with van der Waals surface area (Å²) in [5.41, 5.74) is 4.11. The van der Waals surface area contributed by atoms with Crippen molar-refractivity contribution in [3.8, 4) is 11.1 Å². The van der Waals surface area contributed by atoms with E-state index in [1.165, 1.54) is 0 Å². The molecule has 30 heavy (non-hydrogen) atoms. The third-order valence-corrected chi connectivity index (χ3v) is 5.43. The summed E-state index contributed by atoms with van der Waals surface area (Å²) in [6, 6.07) is 7.95. The first-order valence-electron chi connectivity index (χ1n) is 10.0. The molecule has 4 aromatic rings. The monoisotopic (exact) mass is 399 g/mol. The third-order valence-electron chi connectivity index (χ3n) is 5.43. The number of carbonyl (C=O) groups is 1. The van der Waals surface area contributed by atoms with Crippen molar-refractivity contribution in [1.82, 2.24) is 34.4 Å². The van der Waals surface area contributed by atoms with E-state index in [1.807, 2.05) is 46.8 Å². The molecule has 5 heterocycles. The number of hydrogen-bond acceptors (Lipinski definition) is 6. The van der Waals surface area contributed by atoms with Gasteiger partial charge in [-0.3, -0.25) is 14.8 Å². The Balaban J connectivity index is 1.38. The van der Waals surface area contributed by atoms with Crippen LogP contribution in [0.5, 0.6) is 0 Å². The second kappa shape index (κ2) is 7.62. The molecule has 0 aromatic carbocycles. The highest BCUT2D eigenvalue weighted by Crippen LogP contribution is 2.26. The van der Waals surface area contributed by atoms with Gasteiger partial charge in [-0.1, -0.05) is 0 Å². The molecule has 1 aliphatic rings. The molecule has 5 rings (SSSR count). The minimum Gasteiger partial charge on any atom is -0.337 e. The Morgan fingerprint density at radius 3 is 2.73 bits per heavy atom. The molecular formula is C22H21N7O. The Kier molecular flexibility index (Phi) is 4.66. The lowest BCUT2D eigenvalue weighted by atomic mass is 9.97. The molecule has 8 heteroatoms. The number of likely N-dealkylation sites (tertiary alicyclic amines) is 1. The zero-order valence-corrected chi connectivity index (χ0v) is 16.6. The molecule has 1 fully saturated rings. The van der Waals surface area contributed by atoms with Crippen LogP contribution in [-0.4, -0.2) is 53.4 Å². The molecule has 1 aliphatic heterocycles. The fourth-order valence-electron chi connectivity index (χ4n) is 3.83. The topological polar surface area (TPSA) is 89.2 Å². The van der Waals surface area contributed by atoms with E-state index in [4.69, 9.17) is 10.1 Å². The van der Waals surface area contributed by atoms with Gasteiger partial charge in [0.1, 0.15) is 5.69 Å². The van der Waals surface area contributed by atoms with Crippen LogP contribution in [0, 0.1) is 6.92 Å². The van der Waals surface area contributed by atoms with Crippen LogP contribution in [0.25, 0.3) is 16.8 Å². The lowest BCUT2D eigenvalue weighted by Crippen LogP contribution is -2.39. The van der Waals surface area contributed by atoms with Crippen molar-refractivity contribution in [1.29, 1.82) is 0 Å². The summed E-state index contributed by atoms with van der Waals surface area (Å²) in [6.07, 6.45) is 10.6. The van der Waals surface area contributed by atoms with E-state index in [-0.39, 0.29) is 11.8 Å². The Bertz CT molecular complexity index is 1190. The maximum atomic E-state index is 12.8. The predicted molar refractivity (Wildman–Crippen MR) is 111 cm³/mol. The molecule has 0 radical (unpaired) electrons. The number of nitrogens with zero attached hydrogens (tertiary/aromatic N) is 7. The van der Waals surface area contributed by atoms with E-state index in [0.717, 1.165) is 41.1 Å². The van der Waals surface area contributed by atoms with Crippen molar-refractivity contribution < 1.29 is 4.79 Å². The summed E-state index contributed by atoms with van der Waals surface area (Å²) in [5.74, 6) is 0.788. The molecule has 0 bridgehead atoms. The van der Waals surface area contributed by atoms with Gasteiger partial charge in [-0.15, -0.1) is 0 Å². The molecule has 1 unspecified atom stereocenters. The van der Waals surface area contributed by atoms with E-state index in [0.29, 0.717) is 18.8 Å². The van der Waals surface area contributed by atoms with Crippen molar-refractivity contribution in [3.05, 3.63) is 72.5 Å². The molecule has 0 saturated carbocycles. The van der Waals surface area contributed by atoms with Crippen molar-refractivity contribution >= 4 is 11.6 Å². The molecule has 8 nitrogen and oxygen atoms in total.